The first kappa shape index (κ1) is 17.8. The number of carbonyl (C=O) groups excluding carboxylic acids is 2. The average Bonchev–Trinajstić information content (AvgIpc) is 3.34. The Bertz CT molecular complexity index is 948. The van der Waals surface area contributed by atoms with Gasteiger partial charge < -0.3 is 14.6 Å². The number of carbonyl (C=O) groups is 2. The molecule has 0 saturated heterocycles. The van der Waals surface area contributed by atoms with Gasteiger partial charge in [-0.25, -0.2) is 0 Å². The van der Waals surface area contributed by atoms with Crippen molar-refractivity contribution in [1.82, 2.24) is 9.47 Å². The van der Waals surface area contributed by atoms with E-state index in [0.29, 0.717) is 0 Å². The number of aromatic nitrogens is 1. The van der Waals surface area contributed by atoms with Crippen LogP contribution in [0.1, 0.15) is 51.1 Å². The minimum atomic E-state index is -0.512. The SMILES string of the molecule is CC(C)C(=O)C1=C(O)C(=O)N(C2CCCC2)C1c1cn(C)c2ccccc12. The summed E-state index contributed by atoms with van der Waals surface area (Å²) >= 11 is 0. The number of aliphatic hydroxyl groups is 1. The molecule has 1 amide bonds. The second-order valence-electron chi connectivity index (χ2n) is 8.05. The molecule has 4 rings (SSSR count). The number of nitrogens with zero attached hydrogens (tertiary/aromatic N) is 2. The summed E-state index contributed by atoms with van der Waals surface area (Å²) in [7, 11) is 1.97. The molecule has 1 aromatic heterocycles. The van der Waals surface area contributed by atoms with Crippen LogP contribution in [0.4, 0.5) is 0 Å². The quantitative estimate of drug-likeness (QED) is 0.888. The Labute approximate surface area is 159 Å². The number of para-hydroxylation sites is 1. The summed E-state index contributed by atoms with van der Waals surface area (Å²) in [4.78, 5) is 27.8. The third-order valence-electron chi connectivity index (χ3n) is 5.97. The first-order valence-corrected chi connectivity index (χ1v) is 9.75. The van der Waals surface area contributed by atoms with Crippen molar-refractivity contribution in [1.29, 1.82) is 0 Å². The van der Waals surface area contributed by atoms with Gasteiger partial charge in [0.25, 0.3) is 5.91 Å². The molecule has 27 heavy (non-hydrogen) atoms. The summed E-state index contributed by atoms with van der Waals surface area (Å²) in [5.41, 5.74) is 2.23. The van der Waals surface area contributed by atoms with Gasteiger partial charge in [-0.2, -0.15) is 0 Å². The van der Waals surface area contributed by atoms with Crippen LogP contribution in [0.2, 0.25) is 0 Å². The first-order valence-electron chi connectivity index (χ1n) is 9.75. The molecule has 0 radical (unpaired) electrons. The number of hydrogen-bond acceptors (Lipinski definition) is 3. The zero-order chi connectivity index (χ0) is 19.3. The van der Waals surface area contributed by atoms with E-state index in [0.717, 1.165) is 42.1 Å². The third kappa shape index (κ3) is 2.68. The van der Waals surface area contributed by atoms with Gasteiger partial charge in [-0.15, -0.1) is 0 Å². The highest BCUT2D eigenvalue weighted by Crippen LogP contribution is 2.45. The van der Waals surface area contributed by atoms with Crippen molar-refractivity contribution in [2.75, 3.05) is 0 Å². The average molecular weight is 366 g/mol. The Morgan fingerprint density at radius 3 is 2.52 bits per heavy atom. The Hall–Kier alpha value is -2.56. The molecular formula is C22H26N2O3. The molecular weight excluding hydrogens is 340 g/mol. The zero-order valence-electron chi connectivity index (χ0n) is 16.1. The molecule has 0 bridgehead atoms. The van der Waals surface area contributed by atoms with Gasteiger partial charge in [-0.3, -0.25) is 9.59 Å². The molecule has 5 heteroatoms. The van der Waals surface area contributed by atoms with Crippen LogP contribution < -0.4 is 0 Å². The molecule has 2 aromatic rings. The Morgan fingerprint density at radius 1 is 1.19 bits per heavy atom. The van der Waals surface area contributed by atoms with Crippen molar-refractivity contribution in [3.05, 3.63) is 47.4 Å². The van der Waals surface area contributed by atoms with E-state index in [2.05, 4.69) is 0 Å². The molecule has 142 valence electrons. The van der Waals surface area contributed by atoms with Gasteiger partial charge in [0.15, 0.2) is 11.5 Å². The summed E-state index contributed by atoms with van der Waals surface area (Å²) in [6, 6.07) is 7.56. The summed E-state index contributed by atoms with van der Waals surface area (Å²) in [6.45, 7) is 3.62. The summed E-state index contributed by atoms with van der Waals surface area (Å²) < 4.78 is 2.02. The number of Topliss-reactive ketones (excluding diaryl/α,β-unsaturated/α-hetero) is 1. The van der Waals surface area contributed by atoms with Crippen molar-refractivity contribution in [3.8, 4) is 0 Å². The third-order valence-corrected chi connectivity index (χ3v) is 5.97. The van der Waals surface area contributed by atoms with Gasteiger partial charge in [0.05, 0.1) is 11.6 Å². The van der Waals surface area contributed by atoms with E-state index in [-0.39, 0.29) is 29.1 Å². The normalized spacial score (nSPS) is 21.3. The van der Waals surface area contributed by atoms with Crippen LogP contribution in [0.5, 0.6) is 0 Å². The standard InChI is InChI=1S/C22H26N2O3/c1-13(2)20(25)18-19(16-12-23(3)17-11-7-6-10-15(16)17)24(22(27)21(18)26)14-8-4-5-9-14/h6-7,10-14,19,26H,4-5,8-9H2,1-3H3. The van der Waals surface area contributed by atoms with Crippen LogP contribution in [-0.4, -0.2) is 32.3 Å². The van der Waals surface area contributed by atoms with Crippen molar-refractivity contribution < 1.29 is 14.7 Å². The topological polar surface area (TPSA) is 62.5 Å². The molecule has 1 unspecified atom stereocenters. The van der Waals surface area contributed by atoms with Crippen molar-refractivity contribution in [3.63, 3.8) is 0 Å². The Kier molecular flexibility index (Phi) is 4.33. The molecule has 1 N–H and O–H groups in total. The molecule has 1 aromatic carbocycles. The van der Waals surface area contributed by atoms with E-state index in [1.807, 2.05) is 55.9 Å². The fourth-order valence-corrected chi connectivity index (χ4v) is 4.64. The van der Waals surface area contributed by atoms with Crippen LogP contribution in [0.25, 0.3) is 10.9 Å². The van der Waals surface area contributed by atoms with Gasteiger partial charge in [0.1, 0.15) is 0 Å². The molecule has 1 fully saturated rings. The molecule has 2 heterocycles. The largest absolute Gasteiger partial charge is 0.503 e. The zero-order valence-corrected chi connectivity index (χ0v) is 16.1. The fraction of sp³-hybridized carbons (Fsp3) is 0.455. The number of fused-ring (bicyclic) bond motifs is 1. The van der Waals surface area contributed by atoms with Gasteiger partial charge >= 0.3 is 0 Å². The number of ketones is 1. The number of aryl methyl sites for hydroxylation is 1. The van der Waals surface area contributed by atoms with Gasteiger partial charge in [-0.05, 0) is 18.9 Å². The van der Waals surface area contributed by atoms with E-state index in [9.17, 15) is 14.7 Å². The van der Waals surface area contributed by atoms with Crippen LogP contribution in [0.15, 0.2) is 41.8 Å². The van der Waals surface area contributed by atoms with E-state index in [4.69, 9.17) is 0 Å². The molecule has 5 nitrogen and oxygen atoms in total. The predicted octanol–water partition coefficient (Wildman–Crippen LogP) is 4.04. The highest BCUT2D eigenvalue weighted by Gasteiger charge is 2.47. The van der Waals surface area contributed by atoms with Crippen LogP contribution >= 0.6 is 0 Å². The molecule has 1 aliphatic heterocycles. The predicted molar refractivity (Wildman–Crippen MR) is 104 cm³/mol. The minimum Gasteiger partial charge on any atom is -0.503 e. The Balaban J connectivity index is 1.93. The van der Waals surface area contributed by atoms with E-state index in [1.165, 1.54) is 0 Å². The number of hydrogen-bond donors (Lipinski definition) is 1. The molecule has 1 aliphatic carbocycles. The number of amides is 1. The fourth-order valence-electron chi connectivity index (χ4n) is 4.64. The smallest absolute Gasteiger partial charge is 0.290 e. The second kappa shape index (κ2) is 6.55. The van der Waals surface area contributed by atoms with Gasteiger partial charge in [-0.1, -0.05) is 44.9 Å². The number of aliphatic hydroxyl groups excluding tert-OH is 1. The maximum Gasteiger partial charge on any atom is 0.290 e. The number of benzene rings is 1. The first-order chi connectivity index (χ1) is 12.9. The molecule has 0 spiro atoms. The second-order valence-corrected chi connectivity index (χ2v) is 8.05. The maximum absolute atomic E-state index is 13.0. The van der Waals surface area contributed by atoms with Crippen LogP contribution in [0.3, 0.4) is 0 Å². The van der Waals surface area contributed by atoms with Crippen LogP contribution in [0, 0.1) is 5.92 Å². The lowest BCUT2D eigenvalue weighted by molar-refractivity contribution is -0.131. The van der Waals surface area contributed by atoms with Crippen molar-refractivity contribution in [2.24, 2.45) is 13.0 Å². The monoisotopic (exact) mass is 366 g/mol. The number of rotatable bonds is 4. The lowest BCUT2D eigenvalue weighted by Gasteiger charge is -2.32. The molecule has 2 aliphatic rings. The summed E-state index contributed by atoms with van der Waals surface area (Å²) in [6.07, 6.45) is 5.99. The summed E-state index contributed by atoms with van der Waals surface area (Å²) in [5.74, 6) is -1.20. The molecule has 1 atom stereocenters. The van der Waals surface area contributed by atoms with Crippen molar-refractivity contribution >= 4 is 22.6 Å². The summed E-state index contributed by atoms with van der Waals surface area (Å²) in [5, 5.41) is 11.7. The van der Waals surface area contributed by atoms with Gasteiger partial charge in [0.2, 0.25) is 0 Å². The highest BCUT2D eigenvalue weighted by atomic mass is 16.3. The maximum atomic E-state index is 13.0. The van der Waals surface area contributed by atoms with Crippen LogP contribution in [-0.2, 0) is 16.6 Å². The van der Waals surface area contributed by atoms with E-state index < -0.39 is 11.9 Å². The Morgan fingerprint density at radius 2 is 1.85 bits per heavy atom. The van der Waals surface area contributed by atoms with Crippen molar-refractivity contribution in [2.45, 2.75) is 51.6 Å². The highest BCUT2D eigenvalue weighted by molar-refractivity contribution is 6.10. The lowest BCUT2D eigenvalue weighted by Crippen LogP contribution is -2.38. The molecule has 1 saturated carbocycles. The van der Waals surface area contributed by atoms with E-state index in [1.54, 1.807) is 4.90 Å². The minimum absolute atomic E-state index is 0.0704. The van der Waals surface area contributed by atoms with E-state index >= 15 is 0 Å². The van der Waals surface area contributed by atoms with Gasteiger partial charge in [0, 0.05) is 41.7 Å². The lowest BCUT2D eigenvalue weighted by atomic mass is 9.90.